The van der Waals surface area contributed by atoms with Gasteiger partial charge in [0.05, 0.1) is 12.2 Å². The average Bonchev–Trinajstić information content (AvgIpc) is 3.10. The maximum absolute atomic E-state index is 12.2. The van der Waals surface area contributed by atoms with Gasteiger partial charge in [0.15, 0.2) is 0 Å². The van der Waals surface area contributed by atoms with Gasteiger partial charge >= 0.3 is 0 Å². The number of nitrogens with zero attached hydrogens (tertiary/aromatic N) is 4. The van der Waals surface area contributed by atoms with Crippen molar-refractivity contribution in [3.63, 3.8) is 0 Å². The van der Waals surface area contributed by atoms with Crippen LogP contribution in [0.4, 0.5) is 5.82 Å². The zero-order chi connectivity index (χ0) is 15.5. The van der Waals surface area contributed by atoms with E-state index in [1.165, 1.54) is 25.7 Å². The molecule has 3 rings (SSSR count). The molecule has 6 nitrogen and oxygen atoms in total. The van der Waals surface area contributed by atoms with E-state index in [-0.39, 0.29) is 5.91 Å². The molecule has 6 heteroatoms. The molecule has 2 heterocycles. The number of piperazine rings is 1. The Labute approximate surface area is 132 Å². The minimum absolute atomic E-state index is 0.0531. The van der Waals surface area contributed by atoms with Crippen molar-refractivity contribution in [1.82, 2.24) is 19.6 Å². The van der Waals surface area contributed by atoms with Crippen molar-refractivity contribution in [3.05, 3.63) is 11.8 Å². The summed E-state index contributed by atoms with van der Waals surface area (Å²) in [5.41, 5.74) is 0.919. The van der Waals surface area contributed by atoms with Crippen LogP contribution in [0.1, 0.15) is 31.4 Å². The molecule has 0 aromatic carbocycles. The highest BCUT2D eigenvalue weighted by molar-refractivity contribution is 5.91. The van der Waals surface area contributed by atoms with E-state index in [1.54, 1.807) is 4.68 Å². The third kappa shape index (κ3) is 3.67. The highest BCUT2D eigenvalue weighted by atomic mass is 16.2. The fourth-order valence-corrected chi connectivity index (χ4v) is 3.67. The minimum Gasteiger partial charge on any atom is -0.310 e. The van der Waals surface area contributed by atoms with Gasteiger partial charge in [-0.05, 0) is 19.8 Å². The maximum atomic E-state index is 12.2. The number of hydrogen-bond acceptors (Lipinski definition) is 4. The summed E-state index contributed by atoms with van der Waals surface area (Å²) in [6.07, 6.45) is 5.50. The third-order valence-corrected chi connectivity index (χ3v) is 4.88. The molecule has 122 valence electrons. The fraction of sp³-hybridized carbons (Fsp3) is 0.750. The van der Waals surface area contributed by atoms with E-state index < -0.39 is 0 Å². The van der Waals surface area contributed by atoms with Gasteiger partial charge in [-0.25, -0.2) is 0 Å². The van der Waals surface area contributed by atoms with Crippen LogP contribution in [0.3, 0.4) is 0 Å². The zero-order valence-electron chi connectivity index (χ0n) is 13.7. The number of rotatable bonds is 4. The first-order chi connectivity index (χ1) is 10.6. The van der Waals surface area contributed by atoms with Crippen LogP contribution < -0.4 is 5.32 Å². The topological polar surface area (TPSA) is 53.4 Å². The van der Waals surface area contributed by atoms with Gasteiger partial charge in [-0.1, -0.05) is 12.8 Å². The number of carbonyl (C=O) groups excluding carboxylic acids is 1. The maximum Gasteiger partial charge on any atom is 0.239 e. The summed E-state index contributed by atoms with van der Waals surface area (Å²) in [4.78, 5) is 17.0. The molecular weight excluding hydrogens is 278 g/mol. The van der Waals surface area contributed by atoms with E-state index in [1.807, 2.05) is 20.0 Å². The van der Waals surface area contributed by atoms with Crippen LogP contribution in [0.5, 0.6) is 0 Å². The summed E-state index contributed by atoms with van der Waals surface area (Å²) in [5, 5.41) is 7.20. The molecule has 0 radical (unpaired) electrons. The van der Waals surface area contributed by atoms with Crippen LogP contribution in [-0.2, 0) is 11.8 Å². The summed E-state index contributed by atoms with van der Waals surface area (Å²) in [5.74, 6) is 0.824. The van der Waals surface area contributed by atoms with Crippen molar-refractivity contribution < 1.29 is 4.79 Å². The molecule has 0 atom stereocenters. The number of nitrogens with one attached hydrogen (secondary N) is 1. The largest absolute Gasteiger partial charge is 0.310 e. The summed E-state index contributed by atoms with van der Waals surface area (Å²) < 4.78 is 1.71. The molecule has 1 N–H and O–H groups in total. The van der Waals surface area contributed by atoms with Crippen LogP contribution in [0.15, 0.2) is 6.07 Å². The molecule has 2 aliphatic rings. The van der Waals surface area contributed by atoms with Gasteiger partial charge in [0.1, 0.15) is 5.82 Å². The molecule has 1 aromatic rings. The minimum atomic E-state index is 0.0531. The van der Waals surface area contributed by atoms with Crippen LogP contribution in [0, 0.1) is 6.92 Å². The van der Waals surface area contributed by atoms with Gasteiger partial charge in [-0.2, -0.15) is 5.10 Å². The van der Waals surface area contributed by atoms with Gasteiger partial charge in [0.25, 0.3) is 0 Å². The van der Waals surface area contributed by atoms with Crippen molar-refractivity contribution in [2.24, 2.45) is 7.05 Å². The summed E-state index contributed by atoms with van der Waals surface area (Å²) in [6.45, 7) is 6.59. The third-order valence-electron chi connectivity index (χ3n) is 4.88. The second kappa shape index (κ2) is 6.79. The van der Waals surface area contributed by atoms with E-state index >= 15 is 0 Å². The number of anilines is 1. The summed E-state index contributed by atoms with van der Waals surface area (Å²) in [6, 6.07) is 2.70. The van der Waals surface area contributed by atoms with Gasteiger partial charge in [0.2, 0.25) is 5.91 Å². The number of aryl methyl sites for hydroxylation is 2. The Morgan fingerprint density at radius 3 is 2.55 bits per heavy atom. The van der Waals surface area contributed by atoms with Gasteiger partial charge < -0.3 is 5.32 Å². The Morgan fingerprint density at radius 2 is 1.95 bits per heavy atom. The molecule has 0 unspecified atom stereocenters. The van der Waals surface area contributed by atoms with Gasteiger partial charge in [-0.3, -0.25) is 19.3 Å². The van der Waals surface area contributed by atoms with Crippen LogP contribution in [-0.4, -0.2) is 64.3 Å². The predicted molar refractivity (Wildman–Crippen MR) is 86.8 cm³/mol. The molecule has 1 aliphatic heterocycles. The second-order valence-electron chi connectivity index (χ2n) is 6.59. The van der Waals surface area contributed by atoms with Crippen LogP contribution in [0.25, 0.3) is 0 Å². The molecule has 1 saturated carbocycles. The highest BCUT2D eigenvalue weighted by Gasteiger charge is 2.26. The van der Waals surface area contributed by atoms with E-state index in [2.05, 4.69) is 20.2 Å². The highest BCUT2D eigenvalue weighted by Crippen LogP contribution is 2.24. The van der Waals surface area contributed by atoms with E-state index in [0.717, 1.165) is 43.7 Å². The summed E-state index contributed by atoms with van der Waals surface area (Å²) >= 11 is 0. The Morgan fingerprint density at radius 1 is 1.27 bits per heavy atom. The number of carbonyl (C=O) groups is 1. The molecule has 22 heavy (non-hydrogen) atoms. The first-order valence-electron chi connectivity index (χ1n) is 8.39. The number of aromatic nitrogens is 2. The van der Waals surface area contributed by atoms with Crippen molar-refractivity contribution in [2.75, 3.05) is 38.0 Å². The molecule has 0 bridgehead atoms. The number of hydrogen-bond donors (Lipinski definition) is 1. The molecule has 1 aliphatic carbocycles. The van der Waals surface area contributed by atoms with Crippen molar-refractivity contribution >= 4 is 11.7 Å². The molecule has 1 saturated heterocycles. The Balaban J connectivity index is 1.44. The standard InChI is InChI=1S/C16H27N5O/c1-13-11-15(19(2)18-13)17-16(22)12-20-7-9-21(10-8-20)14-5-3-4-6-14/h11,14H,3-10,12H2,1-2H3,(H,17,22). The Kier molecular flexibility index (Phi) is 4.78. The zero-order valence-corrected chi connectivity index (χ0v) is 13.7. The lowest BCUT2D eigenvalue weighted by Crippen LogP contribution is -2.51. The van der Waals surface area contributed by atoms with E-state index in [0.29, 0.717) is 6.54 Å². The lowest BCUT2D eigenvalue weighted by Gasteiger charge is -2.37. The second-order valence-corrected chi connectivity index (χ2v) is 6.59. The van der Waals surface area contributed by atoms with Crippen molar-refractivity contribution in [3.8, 4) is 0 Å². The van der Waals surface area contributed by atoms with Crippen LogP contribution in [0.2, 0.25) is 0 Å². The van der Waals surface area contributed by atoms with Gasteiger partial charge in [-0.15, -0.1) is 0 Å². The lowest BCUT2D eigenvalue weighted by molar-refractivity contribution is -0.117. The molecular formula is C16H27N5O. The van der Waals surface area contributed by atoms with E-state index in [9.17, 15) is 4.79 Å². The molecule has 1 amide bonds. The fourth-order valence-electron chi connectivity index (χ4n) is 3.67. The first kappa shape index (κ1) is 15.5. The normalized spacial score (nSPS) is 21.4. The van der Waals surface area contributed by atoms with Gasteiger partial charge in [0, 0.05) is 45.3 Å². The summed E-state index contributed by atoms with van der Waals surface area (Å²) in [7, 11) is 1.85. The molecule has 1 aromatic heterocycles. The lowest BCUT2D eigenvalue weighted by atomic mass is 10.2. The van der Waals surface area contributed by atoms with E-state index in [4.69, 9.17) is 0 Å². The number of amides is 1. The average molecular weight is 305 g/mol. The first-order valence-corrected chi connectivity index (χ1v) is 8.39. The molecule has 0 spiro atoms. The predicted octanol–water partition coefficient (Wildman–Crippen LogP) is 1.23. The Hall–Kier alpha value is -1.40. The van der Waals surface area contributed by atoms with Crippen LogP contribution >= 0.6 is 0 Å². The van der Waals surface area contributed by atoms with Crippen molar-refractivity contribution in [2.45, 2.75) is 38.6 Å². The smallest absolute Gasteiger partial charge is 0.239 e. The molecule has 2 fully saturated rings. The Bertz CT molecular complexity index is 513. The van der Waals surface area contributed by atoms with Crippen molar-refractivity contribution in [1.29, 1.82) is 0 Å². The SMILES string of the molecule is Cc1cc(NC(=O)CN2CCN(C3CCCC3)CC2)n(C)n1. The monoisotopic (exact) mass is 305 g/mol. The quantitative estimate of drug-likeness (QED) is 0.909.